The standard InChI is InChI=1S/C18H30O/c1-4-5-6-7-8-9-10-11-16-12-13-17(15(2)3)18(19)14-16/h12-15,19H,4-11H2,1-3H3. The number of hydrogen-bond acceptors (Lipinski definition) is 1. The number of rotatable bonds is 9. The van der Waals surface area contributed by atoms with Crippen LogP contribution in [0.2, 0.25) is 0 Å². The highest BCUT2D eigenvalue weighted by Gasteiger charge is 2.06. The van der Waals surface area contributed by atoms with Gasteiger partial charge in [0.1, 0.15) is 5.75 Å². The van der Waals surface area contributed by atoms with Gasteiger partial charge in [0.15, 0.2) is 0 Å². The van der Waals surface area contributed by atoms with E-state index in [0.29, 0.717) is 11.7 Å². The van der Waals surface area contributed by atoms with Crippen molar-refractivity contribution in [2.75, 3.05) is 0 Å². The molecule has 1 heteroatoms. The second kappa shape index (κ2) is 9.01. The minimum Gasteiger partial charge on any atom is -0.508 e. The largest absolute Gasteiger partial charge is 0.508 e. The molecular weight excluding hydrogens is 232 g/mol. The van der Waals surface area contributed by atoms with Crippen LogP contribution < -0.4 is 0 Å². The van der Waals surface area contributed by atoms with Crippen LogP contribution in [0.4, 0.5) is 0 Å². The van der Waals surface area contributed by atoms with Gasteiger partial charge in [-0.1, -0.05) is 71.4 Å². The van der Waals surface area contributed by atoms with Gasteiger partial charge >= 0.3 is 0 Å². The SMILES string of the molecule is CCCCCCCCCc1ccc(C(C)C)c(O)c1. The Labute approximate surface area is 119 Å². The summed E-state index contributed by atoms with van der Waals surface area (Å²) >= 11 is 0. The Hall–Kier alpha value is -0.980. The molecule has 0 aliphatic rings. The molecule has 0 fully saturated rings. The Morgan fingerprint density at radius 3 is 2.16 bits per heavy atom. The summed E-state index contributed by atoms with van der Waals surface area (Å²) in [5.74, 6) is 0.864. The molecule has 0 atom stereocenters. The predicted octanol–water partition coefficient (Wildman–Crippen LogP) is 5.81. The highest BCUT2D eigenvalue weighted by Crippen LogP contribution is 2.26. The lowest BCUT2D eigenvalue weighted by atomic mass is 9.98. The first-order valence-electron chi connectivity index (χ1n) is 7.97. The molecule has 19 heavy (non-hydrogen) atoms. The maximum atomic E-state index is 9.96. The molecule has 1 rings (SSSR count). The van der Waals surface area contributed by atoms with Gasteiger partial charge in [0.25, 0.3) is 0 Å². The van der Waals surface area contributed by atoms with Crippen LogP contribution in [0, 0.1) is 0 Å². The topological polar surface area (TPSA) is 20.2 Å². The minimum atomic E-state index is 0.396. The average molecular weight is 262 g/mol. The summed E-state index contributed by atoms with van der Waals surface area (Å²) in [6.07, 6.45) is 10.5. The van der Waals surface area contributed by atoms with Gasteiger partial charge < -0.3 is 5.11 Å². The number of benzene rings is 1. The normalized spacial score (nSPS) is 11.2. The van der Waals surface area contributed by atoms with Gasteiger partial charge in [-0.25, -0.2) is 0 Å². The molecular formula is C18H30O. The molecule has 1 nitrogen and oxygen atoms in total. The Morgan fingerprint density at radius 1 is 0.947 bits per heavy atom. The van der Waals surface area contributed by atoms with E-state index in [1.54, 1.807) is 0 Å². The van der Waals surface area contributed by atoms with E-state index in [1.807, 2.05) is 6.07 Å². The van der Waals surface area contributed by atoms with Gasteiger partial charge in [0.2, 0.25) is 0 Å². The first-order valence-corrected chi connectivity index (χ1v) is 7.97. The van der Waals surface area contributed by atoms with Gasteiger partial charge in [-0.3, -0.25) is 0 Å². The summed E-state index contributed by atoms with van der Waals surface area (Å²) < 4.78 is 0. The molecule has 1 aromatic rings. The molecule has 0 aromatic heterocycles. The maximum Gasteiger partial charge on any atom is 0.119 e. The fourth-order valence-electron chi connectivity index (χ4n) is 2.52. The number of unbranched alkanes of at least 4 members (excludes halogenated alkanes) is 6. The lowest BCUT2D eigenvalue weighted by molar-refractivity contribution is 0.464. The first-order chi connectivity index (χ1) is 9.15. The van der Waals surface area contributed by atoms with E-state index < -0.39 is 0 Å². The van der Waals surface area contributed by atoms with Crippen LogP contribution in [0.3, 0.4) is 0 Å². The summed E-state index contributed by atoms with van der Waals surface area (Å²) in [7, 11) is 0. The van der Waals surface area contributed by atoms with Crippen LogP contribution in [0.1, 0.15) is 82.8 Å². The minimum absolute atomic E-state index is 0.396. The van der Waals surface area contributed by atoms with Crippen molar-refractivity contribution in [1.29, 1.82) is 0 Å². The molecule has 108 valence electrons. The summed E-state index contributed by atoms with van der Waals surface area (Å²) in [5.41, 5.74) is 2.33. The summed E-state index contributed by atoms with van der Waals surface area (Å²) in [5, 5.41) is 9.96. The summed E-state index contributed by atoms with van der Waals surface area (Å²) in [6, 6.07) is 6.20. The third-order valence-electron chi connectivity index (χ3n) is 3.79. The van der Waals surface area contributed by atoms with Crippen molar-refractivity contribution in [3.63, 3.8) is 0 Å². The highest BCUT2D eigenvalue weighted by molar-refractivity contribution is 5.38. The Morgan fingerprint density at radius 2 is 1.58 bits per heavy atom. The van der Waals surface area contributed by atoms with Crippen molar-refractivity contribution >= 4 is 0 Å². The molecule has 0 saturated carbocycles. The van der Waals surface area contributed by atoms with E-state index in [0.717, 1.165) is 12.0 Å². The lowest BCUT2D eigenvalue weighted by Crippen LogP contribution is -1.91. The molecule has 0 heterocycles. The second-order valence-corrected chi connectivity index (χ2v) is 5.92. The van der Waals surface area contributed by atoms with Crippen molar-refractivity contribution in [1.82, 2.24) is 0 Å². The zero-order chi connectivity index (χ0) is 14.1. The monoisotopic (exact) mass is 262 g/mol. The zero-order valence-corrected chi connectivity index (χ0v) is 12.9. The quantitative estimate of drug-likeness (QED) is 0.557. The molecule has 1 N–H and O–H groups in total. The molecule has 0 bridgehead atoms. The zero-order valence-electron chi connectivity index (χ0n) is 12.9. The van der Waals surface area contributed by atoms with E-state index >= 15 is 0 Å². The van der Waals surface area contributed by atoms with E-state index in [4.69, 9.17) is 0 Å². The average Bonchev–Trinajstić information content (AvgIpc) is 2.37. The first kappa shape index (κ1) is 16.1. The lowest BCUT2D eigenvalue weighted by Gasteiger charge is -2.10. The molecule has 0 aliphatic heterocycles. The summed E-state index contributed by atoms with van der Waals surface area (Å²) in [4.78, 5) is 0. The van der Waals surface area contributed by atoms with Crippen LogP contribution in [0.5, 0.6) is 5.75 Å². The predicted molar refractivity (Wildman–Crippen MR) is 83.9 cm³/mol. The van der Waals surface area contributed by atoms with Gasteiger partial charge in [-0.2, -0.15) is 0 Å². The smallest absolute Gasteiger partial charge is 0.119 e. The molecule has 0 unspecified atom stereocenters. The fourth-order valence-corrected chi connectivity index (χ4v) is 2.52. The van der Waals surface area contributed by atoms with Gasteiger partial charge in [-0.15, -0.1) is 0 Å². The van der Waals surface area contributed by atoms with Crippen molar-refractivity contribution in [3.05, 3.63) is 29.3 Å². The molecule has 0 saturated heterocycles. The van der Waals surface area contributed by atoms with Crippen molar-refractivity contribution < 1.29 is 5.11 Å². The van der Waals surface area contributed by atoms with Crippen molar-refractivity contribution in [3.8, 4) is 5.75 Å². The van der Waals surface area contributed by atoms with Gasteiger partial charge in [0.05, 0.1) is 0 Å². The molecule has 0 spiro atoms. The van der Waals surface area contributed by atoms with Crippen molar-refractivity contribution in [2.24, 2.45) is 0 Å². The van der Waals surface area contributed by atoms with Crippen LogP contribution in [0.25, 0.3) is 0 Å². The molecule has 1 aromatic carbocycles. The van der Waals surface area contributed by atoms with E-state index in [2.05, 4.69) is 32.9 Å². The highest BCUT2D eigenvalue weighted by atomic mass is 16.3. The van der Waals surface area contributed by atoms with Crippen LogP contribution >= 0.6 is 0 Å². The van der Waals surface area contributed by atoms with Gasteiger partial charge in [-0.05, 0) is 36.0 Å². The van der Waals surface area contributed by atoms with Crippen LogP contribution in [0.15, 0.2) is 18.2 Å². The van der Waals surface area contributed by atoms with E-state index in [-0.39, 0.29) is 0 Å². The molecule has 0 amide bonds. The number of aromatic hydroxyl groups is 1. The number of phenols is 1. The maximum absolute atomic E-state index is 9.96. The fraction of sp³-hybridized carbons (Fsp3) is 0.667. The van der Waals surface area contributed by atoms with Crippen LogP contribution in [-0.2, 0) is 6.42 Å². The third-order valence-corrected chi connectivity index (χ3v) is 3.79. The Bertz CT molecular complexity index is 355. The molecule has 0 radical (unpaired) electrons. The number of hydrogen-bond donors (Lipinski definition) is 1. The molecule has 0 aliphatic carbocycles. The van der Waals surface area contributed by atoms with Gasteiger partial charge in [0, 0.05) is 0 Å². The second-order valence-electron chi connectivity index (χ2n) is 5.92. The number of phenolic OH excluding ortho intramolecular Hbond substituents is 1. The number of aryl methyl sites for hydroxylation is 1. The summed E-state index contributed by atoms with van der Waals surface area (Å²) in [6.45, 7) is 6.49. The van der Waals surface area contributed by atoms with Crippen molar-refractivity contribution in [2.45, 2.75) is 78.1 Å². The Balaban J connectivity index is 2.25. The third kappa shape index (κ3) is 6.13. The van der Waals surface area contributed by atoms with Crippen LogP contribution in [-0.4, -0.2) is 5.11 Å². The Kier molecular flexibility index (Phi) is 7.62. The van der Waals surface area contributed by atoms with E-state index in [1.165, 1.54) is 50.5 Å². The van der Waals surface area contributed by atoms with E-state index in [9.17, 15) is 5.11 Å².